The van der Waals surface area contributed by atoms with Gasteiger partial charge in [0.05, 0.1) is 45.8 Å². The number of rotatable bonds is 10. The smallest absolute Gasteiger partial charge is 0.330 e. The van der Waals surface area contributed by atoms with E-state index < -0.39 is 42.4 Å². The van der Waals surface area contributed by atoms with Crippen molar-refractivity contribution < 1.29 is 29.5 Å². The van der Waals surface area contributed by atoms with Crippen LogP contribution in [0.25, 0.3) is 0 Å². The van der Waals surface area contributed by atoms with Gasteiger partial charge in [-0.25, -0.2) is 9.48 Å². The van der Waals surface area contributed by atoms with E-state index in [9.17, 15) is 19.8 Å². The first-order valence-electron chi connectivity index (χ1n) is 8.98. The fourth-order valence-electron chi connectivity index (χ4n) is 2.92. The molecule has 0 spiro atoms. The number of H-pyrrole nitrogens is 1. The van der Waals surface area contributed by atoms with Gasteiger partial charge in [-0.15, -0.1) is 5.10 Å². The molecule has 0 amide bonds. The van der Waals surface area contributed by atoms with Crippen molar-refractivity contribution in [1.29, 1.82) is 0 Å². The lowest BCUT2D eigenvalue weighted by molar-refractivity contribution is -0.0803. The summed E-state index contributed by atoms with van der Waals surface area (Å²) in [5, 5.41) is 36.4. The Bertz CT molecular complexity index is 896. The van der Waals surface area contributed by atoms with Gasteiger partial charge in [-0.2, -0.15) is 0 Å². The van der Waals surface area contributed by atoms with Gasteiger partial charge < -0.3 is 29.5 Å². The standard InChI is InChI=1S/C16H23N5O8/c22-4-6-27-5-3-20-7-10(18-19-20)9-28-14-13(25)11(8-23)29-15(14)21-2-1-12(24)17-16(21)26/h1-2,7,11,13-15,22-23,25H,3-6,8-9H2,(H,17,24,26)/t11-,13-,14-,15-/m1/s1. The molecule has 13 nitrogen and oxygen atoms in total. The number of aromatic amines is 1. The third-order valence-electron chi connectivity index (χ3n) is 4.33. The van der Waals surface area contributed by atoms with Crippen LogP contribution in [0.5, 0.6) is 0 Å². The molecule has 1 aliphatic rings. The minimum atomic E-state index is -1.20. The molecule has 1 saturated heterocycles. The van der Waals surface area contributed by atoms with Crippen molar-refractivity contribution in [3.05, 3.63) is 45.0 Å². The van der Waals surface area contributed by atoms with E-state index in [-0.39, 0.29) is 19.8 Å². The van der Waals surface area contributed by atoms with E-state index in [0.29, 0.717) is 18.8 Å². The molecule has 0 aromatic carbocycles. The van der Waals surface area contributed by atoms with Crippen LogP contribution in [0.15, 0.2) is 28.0 Å². The summed E-state index contributed by atoms with van der Waals surface area (Å²) in [6.45, 7) is 0.465. The normalized spacial score (nSPS) is 24.2. The Hall–Kier alpha value is -2.42. The van der Waals surface area contributed by atoms with E-state index in [4.69, 9.17) is 19.3 Å². The molecular weight excluding hydrogens is 390 g/mol. The molecule has 4 atom stereocenters. The number of nitrogens with one attached hydrogen (secondary N) is 1. The monoisotopic (exact) mass is 413 g/mol. The SMILES string of the molecule is O=c1ccn([C@@H]2O[C@H](CO)[C@@H](O)[C@H]2OCc2cn(CCOCCO)nn2)c(=O)[nH]1. The van der Waals surface area contributed by atoms with Gasteiger partial charge in [0, 0.05) is 12.3 Å². The summed E-state index contributed by atoms with van der Waals surface area (Å²) in [5.74, 6) is 0. The minimum absolute atomic E-state index is 0.0324. The van der Waals surface area contributed by atoms with E-state index in [0.717, 1.165) is 10.6 Å². The maximum absolute atomic E-state index is 12.1. The predicted octanol–water partition coefficient (Wildman–Crippen LogP) is -3.03. The number of hydrogen-bond acceptors (Lipinski definition) is 10. The molecule has 0 aliphatic carbocycles. The average Bonchev–Trinajstić information content (AvgIpc) is 3.28. The Morgan fingerprint density at radius 3 is 2.83 bits per heavy atom. The Morgan fingerprint density at radius 1 is 1.28 bits per heavy atom. The number of aromatic nitrogens is 5. The highest BCUT2D eigenvalue weighted by molar-refractivity contribution is 4.96. The first-order chi connectivity index (χ1) is 14.0. The number of aliphatic hydroxyl groups is 3. The van der Waals surface area contributed by atoms with E-state index in [1.165, 1.54) is 10.9 Å². The summed E-state index contributed by atoms with van der Waals surface area (Å²) in [4.78, 5) is 25.5. The Labute approximate surface area is 164 Å². The van der Waals surface area contributed by atoms with Gasteiger partial charge in [0.25, 0.3) is 5.56 Å². The van der Waals surface area contributed by atoms with E-state index in [1.54, 1.807) is 6.20 Å². The molecule has 4 N–H and O–H groups in total. The third kappa shape index (κ3) is 5.14. The van der Waals surface area contributed by atoms with Gasteiger partial charge in [0.1, 0.15) is 24.0 Å². The highest BCUT2D eigenvalue weighted by Gasteiger charge is 2.45. The summed E-state index contributed by atoms with van der Waals surface area (Å²) in [7, 11) is 0. The second kappa shape index (κ2) is 9.87. The van der Waals surface area contributed by atoms with Gasteiger partial charge in [-0.05, 0) is 0 Å². The molecular formula is C16H23N5O8. The van der Waals surface area contributed by atoms with Crippen molar-refractivity contribution >= 4 is 0 Å². The fraction of sp³-hybridized carbons (Fsp3) is 0.625. The Balaban J connectivity index is 1.66. The molecule has 2 aromatic rings. The highest BCUT2D eigenvalue weighted by atomic mass is 16.6. The van der Waals surface area contributed by atoms with Crippen LogP contribution in [-0.2, 0) is 27.4 Å². The Morgan fingerprint density at radius 2 is 2.10 bits per heavy atom. The van der Waals surface area contributed by atoms with Gasteiger partial charge in [0.15, 0.2) is 6.23 Å². The molecule has 0 radical (unpaired) electrons. The largest absolute Gasteiger partial charge is 0.394 e. The molecule has 29 heavy (non-hydrogen) atoms. The molecule has 3 heterocycles. The fourth-order valence-corrected chi connectivity index (χ4v) is 2.92. The van der Waals surface area contributed by atoms with Gasteiger partial charge in [0.2, 0.25) is 0 Å². The second-order valence-corrected chi connectivity index (χ2v) is 6.34. The average molecular weight is 413 g/mol. The van der Waals surface area contributed by atoms with Crippen LogP contribution in [0.3, 0.4) is 0 Å². The van der Waals surface area contributed by atoms with Crippen molar-refractivity contribution in [3.8, 4) is 0 Å². The first kappa shape index (κ1) is 21.3. The molecule has 0 saturated carbocycles. The molecule has 1 fully saturated rings. The maximum Gasteiger partial charge on any atom is 0.330 e. The topological polar surface area (TPSA) is 174 Å². The van der Waals surface area contributed by atoms with E-state index in [2.05, 4.69) is 15.3 Å². The molecule has 0 unspecified atom stereocenters. The number of ether oxygens (including phenoxy) is 3. The van der Waals surface area contributed by atoms with Crippen molar-refractivity contribution in [1.82, 2.24) is 24.5 Å². The lowest BCUT2D eigenvalue weighted by Gasteiger charge is -2.21. The zero-order valence-corrected chi connectivity index (χ0v) is 15.5. The van der Waals surface area contributed by atoms with Crippen LogP contribution in [-0.4, -0.2) is 84.6 Å². The molecule has 2 aromatic heterocycles. The minimum Gasteiger partial charge on any atom is -0.394 e. The molecule has 0 bridgehead atoms. The zero-order valence-electron chi connectivity index (χ0n) is 15.5. The number of nitrogens with zero attached hydrogens (tertiary/aromatic N) is 4. The zero-order chi connectivity index (χ0) is 20.8. The van der Waals surface area contributed by atoms with Gasteiger partial charge >= 0.3 is 5.69 Å². The molecule has 1 aliphatic heterocycles. The maximum atomic E-state index is 12.1. The first-order valence-corrected chi connectivity index (χ1v) is 8.98. The van der Waals surface area contributed by atoms with Crippen LogP contribution in [0.2, 0.25) is 0 Å². The summed E-state index contributed by atoms with van der Waals surface area (Å²) >= 11 is 0. The quantitative estimate of drug-likeness (QED) is 0.293. The van der Waals surface area contributed by atoms with Crippen LogP contribution in [0.4, 0.5) is 0 Å². The summed E-state index contributed by atoms with van der Waals surface area (Å²) in [6.07, 6.45) is -1.33. The highest BCUT2D eigenvalue weighted by Crippen LogP contribution is 2.31. The van der Waals surface area contributed by atoms with Crippen molar-refractivity contribution in [2.45, 2.75) is 37.7 Å². The lowest BCUT2D eigenvalue weighted by Crippen LogP contribution is -2.39. The van der Waals surface area contributed by atoms with Crippen LogP contribution >= 0.6 is 0 Å². The lowest BCUT2D eigenvalue weighted by atomic mass is 10.1. The van der Waals surface area contributed by atoms with Crippen molar-refractivity contribution in [2.24, 2.45) is 0 Å². The summed E-state index contributed by atoms with van der Waals surface area (Å²) < 4.78 is 19.1. The van der Waals surface area contributed by atoms with E-state index >= 15 is 0 Å². The molecule has 3 rings (SSSR count). The number of aliphatic hydroxyl groups excluding tert-OH is 3. The van der Waals surface area contributed by atoms with Crippen LogP contribution < -0.4 is 11.2 Å². The Kier molecular flexibility index (Phi) is 7.24. The molecule has 13 heteroatoms. The predicted molar refractivity (Wildman–Crippen MR) is 94.8 cm³/mol. The third-order valence-corrected chi connectivity index (χ3v) is 4.33. The summed E-state index contributed by atoms with van der Waals surface area (Å²) in [6, 6.07) is 1.14. The van der Waals surface area contributed by atoms with Crippen molar-refractivity contribution in [3.63, 3.8) is 0 Å². The van der Waals surface area contributed by atoms with Gasteiger partial charge in [-0.3, -0.25) is 14.3 Å². The van der Waals surface area contributed by atoms with Crippen LogP contribution in [0.1, 0.15) is 11.9 Å². The second-order valence-electron chi connectivity index (χ2n) is 6.34. The van der Waals surface area contributed by atoms with Crippen molar-refractivity contribution in [2.75, 3.05) is 26.4 Å². The number of hydrogen-bond donors (Lipinski definition) is 4. The summed E-state index contributed by atoms with van der Waals surface area (Å²) in [5.41, 5.74) is -0.823. The molecule has 160 valence electrons. The van der Waals surface area contributed by atoms with E-state index in [1.807, 2.05) is 0 Å². The van der Waals surface area contributed by atoms with Crippen LogP contribution in [0, 0.1) is 0 Å². The van der Waals surface area contributed by atoms with Gasteiger partial charge in [-0.1, -0.05) is 5.21 Å².